The Hall–Kier alpha value is -3.95. The van der Waals surface area contributed by atoms with Gasteiger partial charge in [-0.3, -0.25) is 14.5 Å². The molecule has 1 saturated heterocycles. The zero-order valence-electron chi connectivity index (χ0n) is 20.4. The Morgan fingerprint density at radius 2 is 1.74 bits per heavy atom. The molecule has 38 heavy (non-hydrogen) atoms. The number of fused-ring (bicyclic) bond motifs is 1. The number of hydrogen-bond donors (Lipinski definition) is 1. The van der Waals surface area contributed by atoms with E-state index >= 15 is 0 Å². The molecule has 1 fully saturated rings. The van der Waals surface area contributed by atoms with Gasteiger partial charge in [-0.1, -0.05) is 29.0 Å². The molecule has 1 aromatic heterocycles. The molecule has 7 nitrogen and oxygen atoms in total. The van der Waals surface area contributed by atoms with Gasteiger partial charge in [0.1, 0.15) is 11.6 Å². The molecule has 2 heterocycles. The number of aromatic nitrogens is 1. The fourth-order valence-corrected chi connectivity index (χ4v) is 5.48. The molecule has 1 aliphatic heterocycles. The number of nitrogens with zero attached hydrogens (tertiary/aromatic N) is 2. The summed E-state index contributed by atoms with van der Waals surface area (Å²) >= 11 is 7.08. The maximum absolute atomic E-state index is 13.9. The third-order valence-electron chi connectivity index (χ3n) is 5.99. The molecule has 4 aromatic rings. The molecule has 1 aliphatic rings. The van der Waals surface area contributed by atoms with E-state index in [4.69, 9.17) is 21.1 Å². The minimum absolute atomic E-state index is 0.116. The molecule has 0 bridgehead atoms. The van der Waals surface area contributed by atoms with Crippen LogP contribution in [0.25, 0.3) is 16.0 Å². The molecule has 10 heteroatoms. The van der Waals surface area contributed by atoms with Gasteiger partial charge in [0, 0.05) is 10.6 Å². The van der Waals surface area contributed by atoms with E-state index in [2.05, 4.69) is 4.98 Å². The van der Waals surface area contributed by atoms with Crippen LogP contribution in [-0.4, -0.2) is 35.0 Å². The first-order chi connectivity index (χ1) is 18.3. The molecule has 1 N–H and O–H groups in total. The Balaban J connectivity index is 1.73. The van der Waals surface area contributed by atoms with Crippen molar-refractivity contribution < 1.29 is 28.6 Å². The summed E-state index contributed by atoms with van der Waals surface area (Å²) in [4.78, 5) is 32.6. The zero-order chi connectivity index (χ0) is 27.0. The molecule has 194 valence electrons. The Labute approximate surface area is 226 Å². The zero-order valence-corrected chi connectivity index (χ0v) is 22.0. The molecular formula is C28H22ClFN2O5S. The summed E-state index contributed by atoms with van der Waals surface area (Å²) in [6.45, 7) is 4.45. The number of anilines is 1. The van der Waals surface area contributed by atoms with E-state index in [0.29, 0.717) is 51.1 Å². The molecule has 1 unspecified atom stereocenters. The van der Waals surface area contributed by atoms with Crippen molar-refractivity contribution in [3.63, 3.8) is 0 Å². The summed E-state index contributed by atoms with van der Waals surface area (Å²) in [5, 5.41) is 11.9. The van der Waals surface area contributed by atoms with Crippen LogP contribution in [0.4, 0.5) is 9.52 Å². The standard InChI is InChI=1S/C28H22ClFN2O5S/c1-3-36-20-12-7-16(13-21(20)37-4-2)24-23(25(33)15-5-8-17(29)9-6-15)26(34)27(35)32(24)28-31-19-11-10-18(30)14-22(19)38-28/h5-14,24,33H,3-4H2,1-2H3. The lowest BCUT2D eigenvalue weighted by molar-refractivity contribution is -0.132. The highest BCUT2D eigenvalue weighted by Crippen LogP contribution is 2.46. The number of thiazole rings is 1. The van der Waals surface area contributed by atoms with E-state index in [9.17, 15) is 19.1 Å². The monoisotopic (exact) mass is 552 g/mol. The van der Waals surface area contributed by atoms with Gasteiger partial charge in [-0.05, 0) is 74.0 Å². The largest absolute Gasteiger partial charge is 0.507 e. The summed E-state index contributed by atoms with van der Waals surface area (Å²) in [5.74, 6) is -1.61. The van der Waals surface area contributed by atoms with Gasteiger partial charge in [-0.2, -0.15) is 0 Å². The number of hydrogen-bond acceptors (Lipinski definition) is 7. The number of aliphatic hydroxyl groups excluding tert-OH is 1. The third kappa shape index (κ3) is 4.59. The summed E-state index contributed by atoms with van der Waals surface area (Å²) in [5.41, 5.74) is 1.18. The van der Waals surface area contributed by atoms with Crippen molar-refractivity contribution in [1.29, 1.82) is 0 Å². The lowest BCUT2D eigenvalue weighted by Crippen LogP contribution is -2.29. The van der Waals surface area contributed by atoms with Crippen LogP contribution in [0.1, 0.15) is 31.0 Å². The normalized spacial score (nSPS) is 16.8. The fraction of sp³-hybridized carbons (Fsp3) is 0.179. The van der Waals surface area contributed by atoms with Crippen LogP contribution in [-0.2, 0) is 9.59 Å². The Bertz CT molecular complexity index is 1580. The number of ketones is 1. The fourth-order valence-electron chi connectivity index (χ4n) is 4.34. The van der Waals surface area contributed by atoms with Crippen molar-refractivity contribution in [3.05, 3.63) is 88.2 Å². The van der Waals surface area contributed by atoms with Crippen LogP contribution < -0.4 is 14.4 Å². The Morgan fingerprint density at radius 3 is 2.45 bits per heavy atom. The van der Waals surface area contributed by atoms with Crippen LogP contribution in [0.3, 0.4) is 0 Å². The van der Waals surface area contributed by atoms with Crippen molar-refractivity contribution in [2.24, 2.45) is 0 Å². The molecule has 1 amide bonds. The van der Waals surface area contributed by atoms with Crippen LogP contribution in [0.2, 0.25) is 5.02 Å². The Morgan fingerprint density at radius 1 is 1.03 bits per heavy atom. The minimum Gasteiger partial charge on any atom is -0.507 e. The topological polar surface area (TPSA) is 89.0 Å². The number of rotatable bonds is 7. The predicted octanol–water partition coefficient (Wildman–Crippen LogP) is 6.51. The van der Waals surface area contributed by atoms with Crippen LogP contribution in [0.5, 0.6) is 11.5 Å². The van der Waals surface area contributed by atoms with Gasteiger partial charge in [0.15, 0.2) is 16.6 Å². The third-order valence-corrected chi connectivity index (χ3v) is 7.26. The van der Waals surface area contributed by atoms with Crippen molar-refractivity contribution in [2.45, 2.75) is 19.9 Å². The number of amides is 1. The van der Waals surface area contributed by atoms with E-state index in [1.54, 1.807) is 42.5 Å². The average Bonchev–Trinajstić information content (AvgIpc) is 3.43. The molecule has 3 aromatic carbocycles. The van der Waals surface area contributed by atoms with Crippen LogP contribution in [0.15, 0.2) is 66.2 Å². The van der Waals surface area contributed by atoms with E-state index in [1.807, 2.05) is 13.8 Å². The van der Waals surface area contributed by atoms with Gasteiger partial charge in [-0.15, -0.1) is 0 Å². The number of benzene rings is 3. The van der Waals surface area contributed by atoms with Crippen molar-refractivity contribution >= 4 is 55.7 Å². The van der Waals surface area contributed by atoms with Gasteiger partial charge >= 0.3 is 5.91 Å². The van der Waals surface area contributed by atoms with Gasteiger partial charge in [0.05, 0.1) is 35.0 Å². The molecule has 5 rings (SSSR count). The SMILES string of the molecule is CCOc1ccc(C2C(=C(O)c3ccc(Cl)cc3)C(=O)C(=O)N2c2nc3ccc(F)cc3s2)cc1OCC. The number of carbonyl (C=O) groups excluding carboxylic acids is 2. The first-order valence-electron chi connectivity index (χ1n) is 11.8. The molecular weight excluding hydrogens is 531 g/mol. The van der Waals surface area contributed by atoms with Crippen LogP contribution >= 0.6 is 22.9 Å². The molecule has 0 saturated carbocycles. The van der Waals surface area contributed by atoms with E-state index in [-0.39, 0.29) is 16.5 Å². The second kappa shape index (κ2) is 10.4. The second-order valence-corrected chi connectivity index (χ2v) is 9.80. The summed E-state index contributed by atoms with van der Waals surface area (Å²) in [6, 6.07) is 14.4. The van der Waals surface area contributed by atoms with Gasteiger partial charge < -0.3 is 14.6 Å². The molecule has 1 atom stereocenters. The number of aliphatic hydroxyl groups is 1. The molecule has 0 radical (unpaired) electrons. The van der Waals surface area contributed by atoms with Crippen molar-refractivity contribution in [3.8, 4) is 11.5 Å². The quantitative estimate of drug-likeness (QED) is 0.160. The number of carbonyl (C=O) groups is 2. The molecule has 0 spiro atoms. The maximum Gasteiger partial charge on any atom is 0.301 e. The summed E-state index contributed by atoms with van der Waals surface area (Å²) in [7, 11) is 0. The lowest BCUT2D eigenvalue weighted by Gasteiger charge is -2.24. The molecule has 0 aliphatic carbocycles. The van der Waals surface area contributed by atoms with Crippen molar-refractivity contribution in [2.75, 3.05) is 18.1 Å². The van der Waals surface area contributed by atoms with E-state index < -0.39 is 23.5 Å². The Kier molecular flexibility index (Phi) is 7.05. The first kappa shape index (κ1) is 25.7. The second-order valence-electron chi connectivity index (χ2n) is 8.36. The predicted molar refractivity (Wildman–Crippen MR) is 145 cm³/mol. The summed E-state index contributed by atoms with van der Waals surface area (Å²) in [6.07, 6.45) is 0. The number of Topliss-reactive ketones (excluding diaryl/α,β-unsaturated/α-hetero) is 1. The lowest BCUT2D eigenvalue weighted by atomic mass is 9.95. The van der Waals surface area contributed by atoms with Gasteiger partial charge in [-0.25, -0.2) is 9.37 Å². The van der Waals surface area contributed by atoms with Crippen LogP contribution in [0, 0.1) is 5.82 Å². The van der Waals surface area contributed by atoms with Crippen molar-refractivity contribution in [1.82, 2.24) is 4.98 Å². The smallest absolute Gasteiger partial charge is 0.301 e. The van der Waals surface area contributed by atoms with E-state index in [0.717, 1.165) is 11.3 Å². The van der Waals surface area contributed by atoms with Gasteiger partial charge in [0.2, 0.25) is 0 Å². The summed E-state index contributed by atoms with van der Waals surface area (Å²) < 4.78 is 25.8. The van der Waals surface area contributed by atoms with Gasteiger partial charge in [0.25, 0.3) is 5.78 Å². The highest BCUT2D eigenvalue weighted by Gasteiger charge is 2.48. The maximum atomic E-state index is 13.9. The number of halogens is 2. The average molecular weight is 553 g/mol. The highest BCUT2D eigenvalue weighted by atomic mass is 35.5. The highest BCUT2D eigenvalue weighted by molar-refractivity contribution is 7.22. The number of ether oxygens (including phenoxy) is 2. The first-order valence-corrected chi connectivity index (χ1v) is 13.0. The van der Waals surface area contributed by atoms with E-state index in [1.165, 1.54) is 23.1 Å². The minimum atomic E-state index is -1.04.